The van der Waals surface area contributed by atoms with Crippen LogP contribution in [0.3, 0.4) is 0 Å². The molecule has 25 heavy (non-hydrogen) atoms. The zero-order valence-corrected chi connectivity index (χ0v) is 16.0. The van der Waals surface area contributed by atoms with E-state index in [0.717, 1.165) is 43.0 Å². The van der Waals surface area contributed by atoms with Crippen molar-refractivity contribution in [2.24, 2.45) is 5.92 Å². The predicted molar refractivity (Wildman–Crippen MR) is 99.1 cm³/mol. The van der Waals surface area contributed by atoms with Gasteiger partial charge in [0.2, 0.25) is 5.91 Å². The first-order valence-electron chi connectivity index (χ1n) is 8.77. The number of nitrogens with zero attached hydrogens (tertiary/aromatic N) is 2. The van der Waals surface area contributed by atoms with Crippen LogP contribution in [0.15, 0.2) is 18.2 Å². The Hall–Kier alpha value is -1.79. The third kappa shape index (κ3) is 5.61. The van der Waals surface area contributed by atoms with Crippen LogP contribution in [0, 0.1) is 5.92 Å². The predicted octanol–water partition coefficient (Wildman–Crippen LogP) is 1.59. The van der Waals surface area contributed by atoms with Gasteiger partial charge in [0.1, 0.15) is 11.5 Å². The molecule has 2 atom stereocenters. The quantitative estimate of drug-likeness (QED) is 0.845. The van der Waals surface area contributed by atoms with Crippen molar-refractivity contribution in [3.63, 3.8) is 0 Å². The molecule has 1 amide bonds. The largest absolute Gasteiger partial charge is 0.497 e. The summed E-state index contributed by atoms with van der Waals surface area (Å²) in [6, 6.07) is 6.17. The van der Waals surface area contributed by atoms with E-state index >= 15 is 0 Å². The second kappa shape index (κ2) is 9.06. The summed E-state index contributed by atoms with van der Waals surface area (Å²) >= 11 is 0. The Morgan fingerprint density at radius 3 is 2.36 bits per heavy atom. The van der Waals surface area contributed by atoms with E-state index in [-0.39, 0.29) is 11.8 Å². The SMILES string of the molecule is COc1cc(CNC(=O)[C@@H]2CC[C@H](N(C)C)CN(C)C2)cc(OC)c1. The van der Waals surface area contributed by atoms with Gasteiger partial charge in [-0.1, -0.05) is 0 Å². The molecular formula is C19H31N3O3. The van der Waals surface area contributed by atoms with Crippen LogP contribution in [0.25, 0.3) is 0 Å². The number of methoxy groups -OCH3 is 2. The van der Waals surface area contributed by atoms with E-state index in [2.05, 4.69) is 36.3 Å². The van der Waals surface area contributed by atoms with Crippen LogP contribution in [0.1, 0.15) is 18.4 Å². The molecule has 0 spiro atoms. The fourth-order valence-electron chi connectivity index (χ4n) is 3.32. The number of ether oxygens (including phenoxy) is 2. The van der Waals surface area contributed by atoms with E-state index in [4.69, 9.17) is 9.47 Å². The Morgan fingerprint density at radius 2 is 1.80 bits per heavy atom. The van der Waals surface area contributed by atoms with Crippen LogP contribution in [-0.2, 0) is 11.3 Å². The fraction of sp³-hybridized carbons (Fsp3) is 0.632. The summed E-state index contributed by atoms with van der Waals surface area (Å²) in [6.45, 7) is 2.28. The van der Waals surface area contributed by atoms with Crippen LogP contribution in [0.2, 0.25) is 0 Å². The minimum atomic E-state index is 0.0300. The molecule has 140 valence electrons. The maximum Gasteiger partial charge on any atom is 0.224 e. The number of likely N-dealkylation sites (tertiary alicyclic amines) is 1. The van der Waals surface area contributed by atoms with E-state index in [1.54, 1.807) is 14.2 Å². The Morgan fingerprint density at radius 1 is 1.16 bits per heavy atom. The van der Waals surface area contributed by atoms with Crippen molar-refractivity contribution in [3.05, 3.63) is 23.8 Å². The highest BCUT2D eigenvalue weighted by molar-refractivity contribution is 5.78. The number of carbonyl (C=O) groups excluding carboxylic acids is 1. The zero-order chi connectivity index (χ0) is 18.4. The lowest BCUT2D eigenvalue weighted by Gasteiger charge is -2.25. The van der Waals surface area contributed by atoms with Gasteiger partial charge in [-0.15, -0.1) is 0 Å². The number of nitrogens with one attached hydrogen (secondary N) is 1. The van der Waals surface area contributed by atoms with Crippen molar-refractivity contribution in [1.82, 2.24) is 15.1 Å². The molecular weight excluding hydrogens is 318 g/mol. The smallest absolute Gasteiger partial charge is 0.224 e. The maximum absolute atomic E-state index is 12.6. The minimum absolute atomic E-state index is 0.0300. The lowest BCUT2D eigenvalue weighted by Crippen LogP contribution is -2.39. The number of rotatable bonds is 6. The Kier molecular flexibility index (Phi) is 7.08. The normalized spacial score (nSPS) is 21.7. The summed E-state index contributed by atoms with van der Waals surface area (Å²) in [5, 5.41) is 3.07. The lowest BCUT2D eigenvalue weighted by atomic mass is 10.0. The molecule has 0 radical (unpaired) electrons. The van der Waals surface area contributed by atoms with Crippen molar-refractivity contribution < 1.29 is 14.3 Å². The van der Waals surface area contributed by atoms with Crippen LogP contribution >= 0.6 is 0 Å². The summed E-state index contributed by atoms with van der Waals surface area (Å²) < 4.78 is 10.6. The Labute approximate surface area is 151 Å². The molecule has 6 heteroatoms. The Balaban J connectivity index is 1.95. The van der Waals surface area contributed by atoms with E-state index < -0.39 is 0 Å². The molecule has 0 saturated carbocycles. The number of hydrogen-bond donors (Lipinski definition) is 1. The van der Waals surface area contributed by atoms with E-state index in [1.807, 2.05) is 18.2 Å². The number of amides is 1. The van der Waals surface area contributed by atoms with Gasteiger partial charge in [0.15, 0.2) is 0 Å². The third-order valence-corrected chi connectivity index (χ3v) is 4.88. The molecule has 0 aliphatic carbocycles. The first kappa shape index (κ1) is 19.5. The number of hydrogen-bond acceptors (Lipinski definition) is 5. The Bertz CT molecular complexity index is 555. The molecule has 6 nitrogen and oxygen atoms in total. The van der Waals surface area contributed by atoms with Crippen molar-refractivity contribution in [3.8, 4) is 11.5 Å². The first-order chi connectivity index (χ1) is 11.9. The fourth-order valence-corrected chi connectivity index (χ4v) is 3.32. The summed E-state index contributed by atoms with van der Waals surface area (Å²) in [6.07, 6.45) is 1.96. The topological polar surface area (TPSA) is 54.0 Å². The molecule has 1 heterocycles. The van der Waals surface area contributed by atoms with Crippen molar-refractivity contribution in [1.29, 1.82) is 0 Å². The highest BCUT2D eigenvalue weighted by Crippen LogP contribution is 2.23. The van der Waals surface area contributed by atoms with Crippen LogP contribution < -0.4 is 14.8 Å². The molecule has 0 bridgehead atoms. The average molecular weight is 349 g/mol. The second-order valence-corrected chi connectivity index (χ2v) is 7.05. The van der Waals surface area contributed by atoms with Gasteiger partial charge in [0.05, 0.1) is 20.1 Å². The summed E-state index contributed by atoms with van der Waals surface area (Å²) in [7, 11) is 9.55. The summed E-state index contributed by atoms with van der Waals surface area (Å²) in [4.78, 5) is 17.2. The molecule has 1 aliphatic rings. The van der Waals surface area contributed by atoms with Gasteiger partial charge in [-0.3, -0.25) is 4.79 Å². The highest BCUT2D eigenvalue weighted by Gasteiger charge is 2.27. The molecule has 1 aliphatic heterocycles. The van der Waals surface area contributed by atoms with Crippen molar-refractivity contribution in [2.45, 2.75) is 25.4 Å². The molecule has 1 fully saturated rings. The third-order valence-electron chi connectivity index (χ3n) is 4.88. The second-order valence-electron chi connectivity index (χ2n) is 7.05. The van der Waals surface area contributed by atoms with Crippen molar-refractivity contribution >= 4 is 5.91 Å². The molecule has 1 saturated heterocycles. The van der Waals surface area contributed by atoms with Crippen LogP contribution in [0.4, 0.5) is 0 Å². The van der Waals surface area contributed by atoms with E-state index in [1.165, 1.54) is 0 Å². The van der Waals surface area contributed by atoms with Gasteiger partial charge in [0, 0.05) is 31.7 Å². The maximum atomic E-state index is 12.6. The molecule has 2 rings (SSSR count). The van der Waals surface area contributed by atoms with E-state index in [9.17, 15) is 4.79 Å². The first-order valence-corrected chi connectivity index (χ1v) is 8.77. The molecule has 0 unspecified atom stereocenters. The molecule has 1 N–H and O–H groups in total. The highest BCUT2D eigenvalue weighted by atomic mass is 16.5. The summed E-state index contributed by atoms with van der Waals surface area (Å²) in [5.74, 6) is 1.61. The van der Waals surface area contributed by atoms with Gasteiger partial charge in [-0.2, -0.15) is 0 Å². The van der Waals surface area contributed by atoms with Gasteiger partial charge in [0.25, 0.3) is 0 Å². The summed E-state index contributed by atoms with van der Waals surface area (Å²) in [5.41, 5.74) is 0.970. The molecule has 1 aromatic carbocycles. The monoisotopic (exact) mass is 349 g/mol. The van der Waals surface area contributed by atoms with Gasteiger partial charge < -0.3 is 24.6 Å². The van der Waals surface area contributed by atoms with Gasteiger partial charge in [-0.25, -0.2) is 0 Å². The number of benzene rings is 1. The van der Waals surface area contributed by atoms with Crippen LogP contribution in [0.5, 0.6) is 11.5 Å². The number of carbonyl (C=O) groups is 1. The van der Waals surface area contributed by atoms with Gasteiger partial charge >= 0.3 is 0 Å². The molecule has 1 aromatic rings. The van der Waals surface area contributed by atoms with Crippen molar-refractivity contribution in [2.75, 3.05) is 48.5 Å². The minimum Gasteiger partial charge on any atom is -0.497 e. The molecule has 0 aromatic heterocycles. The van der Waals surface area contributed by atoms with E-state index in [0.29, 0.717) is 12.6 Å². The lowest BCUT2D eigenvalue weighted by molar-refractivity contribution is -0.125. The number of likely N-dealkylation sites (N-methyl/N-ethyl adjacent to an activating group) is 2. The van der Waals surface area contributed by atoms with Gasteiger partial charge in [-0.05, 0) is 51.7 Å². The van der Waals surface area contributed by atoms with Crippen LogP contribution in [-0.4, -0.2) is 70.2 Å². The average Bonchev–Trinajstić information content (AvgIpc) is 2.81. The standard InChI is InChI=1S/C19H31N3O3/c1-21(2)16-7-6-15(12-22(3)13-16)19(23)20-11-14-8-17(24-4)10-18(9-14)25-5/h8-10,15-16H,6-7,11-13H2,1-5H3,(H,20,23)/t15-,16+/m1/s1. The zero-order valence-electron chi connectivity index (χ0n) is 16.0.